The van der Waals surface area contributed by atoms with Gasteiger partial charge in [0.2, 0.25) is 17.7 Å². The van der Waals surface area contributed by atoms with E-state index >= 15 is 0 Å². The number of aliphatic hydroxyl groups excluding tert-OH is 1. The molecule has 3 saturated heterocycles. The van der Waals surface area contributed by atoms with Crippen LogP contribution in [0.15, 0.2) is 79.9 Å². The van der Waals surface area contributed by atoms with E-state index in [0.717, 1.165) is 17.6 Å². The smallest absolute Gasteiger partial charge is 0.248 e. The van der Waals surface area contributed by atoms with E-state index in [9.17, 15) is 19.5 Å². The third-order valence-electron chi connectivity index (χ3n) is 9.60. The molecule has 0 aliphatic carbocycles. The number of aromatic nitrogens is 3. The zero-order valence-electron chi connectivity index (χ0n) is 25.7. The first-order valence-corrected chi connectivity index (χ1v) is 16.4. The highest BCUT2D eigenvalue weighted by Gasteiger charge is 2.74. The lowest BCUT2D eigenvalue weighted by Crippen LogP contribution is -2.58. The first kappa shape index (κ1) is 31.0. The monoisotopic (exact) mass is 628 g/mol. The average molecular weight is 629 g/mol. The van der Waals surface area contributed by atoms with Gasteiger partial charge in [-0.1, -0.05) is 61.5 Å². The Kier molecular flexibility index (Phi) is 8.58. The van der Waals surface area contributed by atoms with E-state index in [1.165, 1.54) is 0 Å². The van der Waals surface area contributed by atoms with Crippen LogP contribution in [-0.2, 0) is 21.1 Å². The summed E-state index contributed by atoms with van der Waals surface area (Å²) in [7, 11) is 0. The van der Waals surface area contributed by atoms with Crippen LogP contribution in [0.4, 0.5) is 5.69 Å². The summed E-state index contributed by atoms with van der Waals surface area (Å²) in [5, 5.41) is 19.1. The minimum Gasteiger partial charge on any atom is -0.394 e. The molecule has 3 amide bonds. The molecule has 236 valence electrons. The number of carbonyl (C=O) groups excluding carboxylic acids is 3. The van der Waals surface area contributed by atoms with Gasteiger partial charge in [-0.05, 0) is 43.0 Å². The van der Waals surface area contributed by atoms with Crippen LogP contribution < -0.4 is 4.90 Å². The van der Waals surface area contributed by atoms with Crippen molar-refractivity contribution in [3.05, 3.63) is 79.9 Å². The van der Waals surface area contributed by atoms with Crippen molar-refractivity contribution in [2.75, 3.05) is 24.6 Å². The van der Waals surface area contributed by atoms with Crippen LogP contribution >= 0.6 is 11.8 Å². The predicted molar refractivity (Wildman–Crippen MR) is 175 cm³/mol. The number of aliphatic hydroxyl groups is 1. The summed E-state index contributed by atoms with van der Waals surface area (Å²) in [6.45, 7) is 12.0. The van der Waals surface area contributed by atoms with Gasteiger partial charge in [-0.25, -0.2) is 4.68 Å². The van der Waals surface area contributed by atoms with Crippen molar-refractivity contribution in [1.82, 2.24) is 24.8 Å². The maximum Gasteiger partial charge on any atom is 0.248 e. The SMILES string of the molecule is C=CCN(Cn1nnc2ccccc21)C(=O)C1N([C@@H](CO)C(C)C)C(=O)[C@@H]2[C@H](C(=O)N(CC=C)c3ccccc3)[C@@H]3CCC12S3. The third-order valence-corrected chi connectivity index (χ3v) is 11.6. The lowest BCUT2D eigenvalue weighted by atomic mass is 9.70. The lowest BCUT2D eigenvalue weighted by Gasteiger charge is -2.40. The fourth-order valence-corrected chi connectivity index (χ4v) is 9.79. The van der Waals surface area contributed by atoms with E-state index in [0.29, 0.717) is 18.5 Å². The van der Waals surface area contributed by atoms with Gasteiger partial charge in [0.25, 0.3) is 0 Å². The van der Waals surface area contributed by atoms with Gasteiger partial charge in [0.15, 0.2) is 0 Å². The summed E-state index contributed by atoms with van der Waals surface area (Å²) in [5.41, 5.74) is 2.25. The number of rotatable bonds is 12. The second kappa shape index (κ2) is 12.4. The quantitative estimate of drug-likeness (QED) is 0.304. The molecule has 11 heteroatoms. The van der Waals surface area contributed by atoms with E-state index < -0.39 is 28.7 Å². The van der Waals surface area contributed by atoms with Gasteiger partial charge < -0.3 is 19.8 Å². The molecule has 3 aromatic rings. The molecule has 4 heterocycles. The van der Waals surface area contributed by atoms with Crippen molar-refractivity contribution in [1.29, 1.82) is 0 Å². The van der Waals surface area contributed by atoms with Crippen LogP contribution in [0.1, 0.15) is 26.7 Å². The van der Waals surface area contributed by atoms with Gasteiger partial charge in [-0.15, -0.1) is 30.0 Å². The molecule has 6 rings (SSSR count). The maximum absolute atomic E-state index is 14.9. The lowest BCUT2D eigenvalue weighted by molar-refractivity contribution is -0.147. The molecule has 6 atom stereocenters. The molecule has 3 aliphatic heterocycles. The van der Waals surface area contributed by atoms with Gasteiger partial charge in [0.05, 0.1) is 34.7 Å². The van der Waals surface area contributed by atoms with E-state index in [2.05, 4.69) is 23.5 Å². The highest BCUT2D eigenvalue weighted by Crippen LogP contribution is 2.67. The third kappa shape index (κ3) is 5.06. The molecular formula is C34H40N6O4S. The van der Waals surface area contributed by atoms with Crippen LogP contribution in [-0.4, -0.2) is 89.4 Å². The number of hydrogen-bond acceptors (Lipinski definition) is 7. The van der Waals surface area contributed by atoms with Crippen molar-refractivity contribution in [2.45, 2.75) is 55.4 Å². The molecular weight excluding hydrogens is 588 g/mol. The largest absolute Gasteiger partial charge is 0.394 e. The molecule has 2 bridgehead atoms. The number of benzene rings is 2. The molecule has 2 unspecified atom stereocenters. The maximum atomic E-state index is 14.9. The molecule has 0 radical (unpaired) electrons. The van der Waals surface area contributed by atoms with E-state index in [1.54, 1.807) is 43.3 Å². The van der Waals surface area contributed by atoms with E-state index in [-0.39, 0.29) is 48.7 Å². The number of para-hydroxylation sites is 2. The number of fused-ring (bicyclic) bond motifs is 2. The second-order valence-corrected chi connectivity index (χ2v) is 14.0. The molecule has 10 nitrogen and oxygen atoms in total. The zero-order valence-corrected chi connectivity index (χ0v) is 26.6. The number of thioether (sulfide) groups is 1. The van der Waals surface area contributed by atoms with Crippen LogP contribution in [0, 0.1) is 17.8 Å². The normalized spacial score (nSPS) is 25.9. The van der Waals surface area contributed by atoms with Crippen molar-refractivity contribution in [3.8, 4) is 0 Å². The highest BCUT2D eigenvalue weighted by molar-refractivity contribution is 8.02. The first-order chi connectivity index (χ1) is 21.8. The zero-order chi connectivity index (χ0) is 31.9. The predicted octanol–water partition coefficient (Wildman–Crippen LogP) is 3.73. The van der Waals surface area contributed by atoms with Gasteiger partial charge in [-0.2, -0.15) is 0 Å². The Morgan fingerprint density at radius 2 is 1.80 bits per heavy atom. The Labute approximate surface area is 267 Å². The number of nitrogens with zero attached hydrogens (tertiary/aromatic N) is 6. The molecule has 3 fully saturated rings. The number of carbonyl (C=O) groups is 3. The Hall–Kier alpha value is -3.96. The van der Waals surface area contributed by atoms with Crippen LogP contribution in [0.3, 0.4) is 0 Å². The van der Waals surface area contributed by atoms with Gasteiger partial charge in [0, 0.05) is 24.0 Å². The fraction of sp³-hybridized carbons (Fsp3) is 0.441. The average Bonchev–Trinajstić information content (AvgIpc) is 3.79. The highest BCUT2D eigenvalue weighted by atomic mass is 32.2. The fourth-order valence-electron chi connectivity index (χ4n) is 7.60. The summed E-state index contributed by atoms with van der Waals surface area (Å²) in [6, 6.07) is 15.5. The summed E-state index contributed by atoms with van der Waals surface area (Å²) in [6.07, 6.45) is 4.71. The number of amides is 3. The van der Waals surface area contributed by atoms with Gasteiger partial charge >= 0.3 is 0 Å². The molecule has 0 saturated carbocycles. The summed E-state index contributed by atoms with van der Waals surface area (Å²) >= 11 is 1.62. The van der Waals surface area contributed by atoms with Crippen molar-refractivity contribution in [2.24, 2.45) is 17.8 Å². The van der Waals surface area contributed by atoms with Crippen molar-refractivity contribution >= 4 is 46.2 Å². The van der Waals surface area contributed by atoms with Crippen molar-refractivity contribution in [3.63, 3.8) is 0 Å². The molecule has 45 heavy (non-hydrogen) atoms. The van der Waals surface area contributed by atoms with Crippen LogP contribution in [0.5, 0.6) is 0 Å². The summed E-state index contributed by atoms with van der Waals surface area (Å²) in [5.74, 6) is -2.01. The minimum absolute atomic E-state index is 0.0985. The van der Waals surface area contributed by atoms with E-state index in [1.807, 2.05) is 68.4 Å². The Balaban J connectivity index is 1.41. The molecule has 3 aliphatic rings. The molecule has 1 N–H and O–H groups in total. The first-order valence-electron chi connectivity index (χ1n) is 15.5. The number of hydrogen-bond donors (Lipinski definition) is 1. The van der Waals surface area contributed by atoms with Crippen LogP contribution in [0.25, 0.3) is 11.0 Å². The van der Waals surface area contributed by atoms with Crippen LogP contribution in [0.2, 0.25) is 0 Å². The standard InChI is InChI=1S/C34H40N6O4S/c1-5-18-37(21-39-25-15-11-10-14-24(25)35-36-39)33(44)30-34-17-16-27(45-34)28(29(34)32(43)40(30)26(20-41)22(3)4)31(42)38(19-6-2)23-12-8-7-9-13-23/h5-15,22,26-30,41H,1-2,16-21H2,3-4H3/t26-,27-,28+,29-,30?,34?/m0/s1. The Morgan fingerprint density at radius 1 is 1.09 bits per heavy atom. The molecule has 1 aromatic heterocycles. The van der Waals surface area contributed by atoms with Gasteiger partial charge in [0.1, 0.15) is 18.2 Å². The number of anilines is 1. The van der Waals surface area contributed by atoms with Gasteiger partial charge in [-0.3, -0.25) is 14.4 Å². The molecule has 2 aromatic carbocycles. The topological polar surface area (TPSA) is 112 Å². The molecule has 1 spiro atoms. The minimum atomic E-state index is -0.860. The Morgan fingerprint density at radius 3 is 2.49 bits per heavy atom. The van der Waals surface area contributed by atoms with Crippen molar-refractivity contribution < 1.29 is 19.5 Å². The second-order valence-electron chi connectivity index (χ2n) is 12.4. The summed E-state index contributed by atoms with van der Waals surface area (Å²) < 4.78 is 0.874. The number of likely N-dealkylation sites (tertiary alicyclic amines) is 1. The summed E-state index contributed by atoms with van der Waals surface area (Å²) in [4.78, 5) is 49.0. The van der Waals surface area contributed by atoms with E-state index in [4.69, 9.17) is 0 Å². The Bertz CT molecular complexity index is 1610.